The molecular weight excluding hydrogens is 352 g/mol. The van der Waals surface area contributed by atoms with E-state index < -0.39 is 0 Å². The molecule has 0 bridgehead atoms. The summed E-state index contributed by atoms with van der Waals surface area (Å²) in [6.07, 6.45) is 5.52. The number of benzene rings is 3. The fraction of sp³-hybridized carbons (Fsp3) is 0.0370. The molecule has 0 spiro atoms. The standard InChI is InChI=1S/C27H20N2/c1-19-4-6-20(7-5-19)24-16-25(21-10-13-28-14-11-21)18-26(17-24)22-8-9-27-23(15-22)3-2-12-29-27/h2-18H,1H3. The first kappa shape index (κ1) is 17.3. The van der Waals surface area contributed by atoms with Crippen molar-refractivity contribution < 1.29 is 0 Å². The maximum absolute atomic E-state index is 4.45. The zero-order valence-electron chi connectivity index (χ0n) is 16.2. The number of rotatable bonds is 3. The molecule has 0 aliphatic rings. The molecule has 0 aliphatic heterocycles. The number of aryl methyl sites for hydroxylation is 1. The molecule has 0 amide bonds. The minimum absolute atomic E-state index is 1.01. The van der Waals surface area contributed by atoms with Crippen LogP contribution in [0.3, 0.4) is 0 Å². The van der Waals surface area contributed by atoms with Gasteiger partial charge in [-0.3, -0.25) is 9.97 Å². The number of hydrogen-bond donors (Lipinski definition) is 0. The van der Waals surface area contributed by atoms with E-state index in [9.17, 15) is 0 Å². The molecule has 29 heavy (non-hydrogen) atoms. The van der Waals surface area contributed by atoms with Crippen LogP contribution in [0.15, 0.2) is 104 Å². The highest BCUT2D eigenvalue weighted by Gasteiger charge is 2.08. The Hall–Kier alpha value is -3.78. The Balaban J connectivity index is 1.71. The van der Waals surface area contributed by atoms with E-state index in [-0.39, 0.29) is 0 Å². The fourth-order valence-electron chi connectivity index (χ4n) is 3.67. The van der Waals surface area contributed by atoms with Crippen molar-refractivity contribution >= 4 is 10.9 Å². The van der Waals surface area contributed by atoms with Crippen LogP contribution in [-0.4, -0.2) is 9.97 Å². The van der Waals surface area contributed by atoms with E-state index in [1.807, 2.05) is 24.7 Å². The highest BCUT2D eigenvalue weighted by molar-refractivity contribution is 5.87. The fourth-order valence-corrected chi connectivity index (χ4v) is 3.67. The van der Waals surface area contributed by atoms with Gasteiger partial charge in [0.1, 0.15) is 0 Å². The average Bonchev–Trinajstić information content (AvgIpc) is 2.79. The largest absolute Gasteiger partial charge is 0.265 e. The molecule has 2 nitrogen and oxygen atoms in total. The molecule has 3 aromatic carbocycles. The number of fused-ring (bicyclic) bond motifs is 1. The third-order valence-corrected chi connectivity index (χ3v) is 5.27. The van der Waals surface area contributed by atoms with Gasteiger partial charge < -0.3 is 0 Å². The van der Waals surface area contributed by atoms with E-state index in [1.165, 1.54) is 33.4 Å². The lowest BCUT2D eigenvalue weighted by Crippen LogP contribution is -1.87. The lowest BCUT2D eigenvalue weighted by molar-refractivity contribution is 1.33. The van der Waals surface area contributed by atoms with Crippen LogP contribution in [0.1, 0.15) is 5.56 Å². The summed E-state index contributed by atoms with van der Waals surface area (Å²) in [7, 11) is 0. The maximum atomic E-state index is 4.45. The molecule has 2 heterocycles. The Morgan fingerprint density at radius 2 is 1.14 bits per heavy atom. The van der Waals surface area contributed by atoms with Gasteiger partial charge in [-0.05, 0) is 88.8 Å². The molecule has 0 unspecified atom stereocenters. The third kappa shape index (κ3) is 3.53. The first-order chi connectivity index (χ1) is 14.3. The minimum Gasteiger partial charge on any atom is -0.265 e. The highest BCUT2D eigenvalue weighted by atomic mass is 14.6. The van der Waals surface area contributed by atoms with Gasteiger partial charge >= 0.3 is 0 Å². The van der Waals surface area contributed by atoms with Gasteiger partial charge in [0.2, 0.25) is 0 Å². The van der Waals surface area contributed by atoms with Crippen molar-refractivity contribution in [1.29, 1.82) is 0 Å². The summed E-state index contributed by atoms with van der Waals surface area (Å²) < 4.78 is 0. The van der Waals surface area contributed by atoms with Crippen LogP contribution in [0.2, 0.25) is 0 Å². The Bertz CT molecular complexity index is 1290. The van der Waals surface area contributed by atoms with Crippen molar-refractivity contribution in [3.8, 4) is 33.4 Å². The van der Waals surface area contributed by atoms with Crippen LogP contribution in [0.5, 0.6) is 0 Å². The predicted octanol–water partition coefficient (Wildman–Crippen LogP) is 6.94. The number of hydrogen-bond acceptors (Lipinski definition) is 2. The smallest absolute Gasteiger partial charge is 0.0702 e. The molecule has 0 N–H and O–H groups in total. The summed E-state index contributed by atoms with van der Waals surface area (Å²) in [6, 6.07) is 30.2. The van der Waals surface area contributed by atoms with E-state index in [4.69, 9.17) is 0 Å². The van der Waals surface area contributed by atoms with Crippen molar-refractivity contribution in [2.75, 3.05) is 0 Å². The van der Waals surface area contributed by atoms with E-state index in [0.717, 1.165) is 16.5 Å². The quantitative estimate of drug-likeness (QED) is 0.343. The van der Waals surface area contributed by atoms with Gasteiger partial charge in [-0.25, -0.2) is 0 Å². The van der Waals surface area contributed by atoms with E-state index in [2.05, 4.69) is 95.8 Å². The molecule has 0 aliphatic carbocycles. The van der Waals surface area contributed by atoms with Gasteiger partial charge in [0, 0.05) is 24.0 Å². The average molecular weight is 372 g/mol. The summed E-state index contributed by atoms with van der Waals surface area (Å²) in [5.74, 6) is 0. The van der Waals surface area contributed by atoms with Crippen LogP contribution in [0.25, 0.3) is 44.3 Å². The van der Waals surface area contributed by atoms with Gasteiger partial charge in [-0.1, -0.05) is 42.0 Å². The predicted molar refractivity (Wildman–Crippen MR) is 121 cm³/mol. The SMILES string of the molecule is Cc1ccc(-c2cc(-c3ccncc3)cc(-c3ccc4ncccc4c3)c2)cc1. The Kier molecular flexibility index (Phi) is 4.38. The second kappa shape index (κ2) is 7.33. The number of aromatic nitrogens is 2. The third-order valence-electron chi connectivity index (χ3n) is 5.27. The van der Waals surface area contributed by atoms with Gasteiger partial charge in [-0.2, -0.15) is 0 Å². The van der Waals surface area contributed by atoms with Crippen molar-refractivity contribution in [3.05, 3.63) is 109 Å². The monoisotopic (exact) mass is 372 g/mol. The van der Waals surface area contributed by atoms with Crippen LogP contribution in [0.4, 0.5) is 0 Å². The summed E-state index contributed by atoms with van der Waals surface area (Å²) in [5.41, 5.74) is 9.44. The molecule has 5 rings (SSSR count). The van der Waals surface area contributed by atoms with E-state index >= 15 is 0 Å². The highest BCUT2D eigenvalue weighted by Crippen LogP contribution is 2.33. The zero-order chi connectivity index (χ0) is 19.6. The molecule has 2 aromatic heterocycles. The Labute approximate surface area is 170 Å². The van der Waals surface area contributed by atoms with Gasteiger partial charge in [-0.15, -0.1) is 0 Å². The van der Waals surface area contributed by atoms with Crippen LogP contribution < -0.4 is 0 Å². The van der Waals surface area contributed by atoms with Gasteiger partial charge in [0.05, 0.1) is 5.52 Å². The molecule has 2 heteroatoms. The van der Waals surface area contributed by atoms with Crippen molar-refractivity contribution in [2.45, 2.75) is 6.92 Å². The Morgan fingerprint density at radius 3 is 1.86 bits per heavy atom. The van der Waals surface area contributed by atoms with Crippen LogP contribution in [-0.2, 0) is 0 Å². The van der Waals surface area contributed by atoms with E-state index in [0.29, 0.717) is 0 Å². The second-order valence-corrected chi connectivity index (χ2v) is 7.31. The first-order valence-corrected chi connectivity index (χ1v) is 9.74. The molecule has 0 atom stereocenters. The lowest BCUT2D eigenvalue weighted by atomic mass is 9.93. The van der Waals surface area contributed by atoms with Crippen molar-refractivity contribution in [3.63, 3.8) is 0 Å². The summed E-state index contributed by atoms with van der Waals surface area (Å²) >= 11 is 0. The molecular formula is C27H20N2. The molecule has 5 aromatic rings. The molecule has 138 valence electrons. The van der Waals surface area contributed by atoms with Crippen molar-refractivity contribution in [2.24, 2.45) is 0 Å². The lowest BCUT2D eigenvalue weighted by Gasteiger charge is -2.12. The summed E-state index contributed by atoms with van der Waals surface area (Å²) in [4.78, 5) is 8.62. The second-order valence-electron chi connectivity index (χ2n) is 7.31. The molecule has 0 radical (unpaired) electrons. The number of pyridine rings is 2. The summed E-state index contributed by atoms with van der Waals surface area (Å²) in [6.45, 7) is 2.12. The Morgan fingerprint density at radius 1 is 0.517 bits per heavy atom. The molecule has 0 saturated carbocycles. The topological polar surface area (TPSA) is 25.8 Å². The van der Waals surface area contributed by atoms with Crippen molar-refractivity contribution in [1.82, 2.24) is 9.97 Å². The van der Waals surface area contributed by atoms with Crippen LogP contribution in [0, 0.1) is 6.92 Å². The molecule has 0 saturated heterocycles. The normalized spacial score (nSPS) is 10.9. The maximum Gasteiger partial charge on any atom is 0.0702 e. The zero-order valence-corrected chi connectivity index (χ0v) is 16.2. The minimum atomic E-state index is 1.01. The number of nitrogens with zero attached hydrogens (tertiary/aromatic N) is 2. The van der Waals surface area contributed by atoms with Crippen LogP contribution >= 0.6 is 0 Å². The first-order valence-electron chi connectivity index (χ1n) is 9.74. The molecule has 0 fully saturated rings. The van der Waals surface area contributed by atoms with E-state index in [1.54, 1.807) is 0 Å². The van der Waals surface area contributed by atoms with Gasteiger partial charge in [0.25, 0.3) is 0 Å². The summed E-state index contributed by atoms with van der Waals surface area (Å²) in [5, 5.41) is 1.15. The van der Waals surface area contributed by atoms with Gasteiger partial charge in [0.15, 0.2) is 0 Å².